The molecule has 0 atom stereocenters. The van der Waals surface area contributed by atoms with E-state index in [1.807, 2.05) is 0 Å². The Morgan fingerprint density at radius 1 is 0.875 bits per heavy atom. The van der Waals surface area contributed by atoms with Gasteiger partial charge in [-0.15, -0.1) is 0 Å². The fraction of sp³-hybridized carbons (Fsp3) is 0.909. The number of unbranched alkanes of at least 4 members (excludes halogenated alkanes) is 3. The summed E-state index contributed by atoms with van der Waals surface area (Å²) in [6, 6.07) is 0. The fourth-order valence-corrected chi connectivity index (χ4v) is 1.14. The van der Waals surface area contributed by atoms with Crippen LogP contribution in [-0.2, 0) is 19.3 Å². The van der Waals surface area contributed by atoms with E-state index in [4.69, 9.17) is 9.47 Å². The molecular formula is C11H21O5. The maximum atomic E-state index is 9.85. The summed E-state index contributed by atoms with van der Waals surface area (Å²) < 4.78 is 14.5. The van der Waals surface area contributed by atoms with Crippen molar-refractivity contribution in [2.45, 2.75) is 32.6 Å². The molecule has 0 amide bonds. The van der Waals surface area contributed by atoms with Crippen molar-refractivity contribution in [3.05, 3.63) is 0 Å². The van der Waals surface area contributed by atoms with Crippen LogP contribution >= 0.6 is 0 Å². The number of rotatable bonds is 11. The lowest BCUT2D eigenvalue weighted by molar-refractivity contribution is 0.0119. The van der Waals surface area contributed by atoms with Gasteiger partial charge in [0.05, 0.1) is 19.8 Å². The smallest absolute Gasteiger partial charge is 0.429 e. The first-order chi connectivity index (χ1) is 7.77. The van der Waals surface area contributed by atoms with Gasteiger partial charge < -0.3 is 14.2 Å². The minimum Gasteiger partial charge on any atom is -0.429 e. The molecule has 0 saturated carbocycles. The molecule has 0 aliphatic carbocycles. The van der Waals surface area contributed by atoms with Gasteiger partial charge in [-0.1, -0.05) is 26.2 Å². The Morgan fingerprint density at radius 3 is 2.12 bits per heavy atom. The molecule has 16 heavy (non-hydrogen) atoms. The highest BCUT2D eigenvalue weighted by atomic mass is 16.7. The molecule has 0 aromatic carbocycles. The van der Waals surface area contributed by atoms with Crippen LogP contribution in [0.25, 0.3) is 0 Å². The van der Waals surface area contributed by atoms with Crippen LogP contribution in [0.1, 0.15) is 32.6 Å². The van der Waals surface area contributed by atoms with Gasteiger partial charge in [0.25, 0.3) is 0 Å². The second-order valence-corrected chi connectivity index (χ2v) is 3.38. The van der Waals surface area contributed by atoms with Crippen LogP contribution in [-0.4, -0.2) is 39.2 Å². The van der Waals surface area contributed by atoms with Gasteiger partial charge in [0, 0.05) is 6.61 Å². The van der Waals surface area contributed by atoms with Crippen molar-refractivity contribution in [1.82, 2.24) is 0 Å². The number of hydrogen-bond donors (Lipinski definition) is 0. The Bertz CT molecular complexity index is 160. The van der Waals surface area contributed by atoms with E-state index in [1.165, 1.54) is 19.3 Å². The van der Waals surface area contributed by atoms with Crippen molar-refractivity contribution in [3.8, 4) is 0 Å². The van der Waals surface area contributed by atoms with Gasteiger partial charge in [0.2, 0.25) is 0 Å². The summed E-state index contributed by atoms with van der Waals surface area (Å²) in [5.74, 6) is 0. The van der Waals surface area contributed by atoms with Gasteiger partial charge in [-0.3, -0.25) is 0 Å². The van der Waals surface area contributed by atoms with Gasteiger partial charge in [0.15, 0.2) is 0 Å². The fourth-order valence-electron chi connectivity index (χ4n) is 1.14. The van der Waals surface area contributed by atoms with E-state index >= 15 is 0 Å². The molecule has 0 spiro atoms. The highest BCUT2D eigenvalue weighted by molar-refractivity contribution is 5.56. The molecule has 5 heteroatoms. The average molecular weight is 233 g/mol. The van der Waals surface area contributed by atoms with E-state index in [9.17, 15) is 9.90 Å². The van der Waals surface area contributed by atoms with Crippen molar-refractivity contribution in [1.29, 1.82) is 0 Å². The Balaban J connectivity index is 2.90. The molecule has 1 radical (unpaired) electrons. The molecular weight excluding hydrogens is 212 g/mol. The summed E-state index contributed by atoms with van der Waals surface area (Å²) in [5.41, 5.74) is 0. The first-order valence-corrected chi connectivity index (χ1v) is 5.76. The topological polar surface area (TPSA) is 64.7 Å². The third kappa shape index (κ3) is 13.2. The lowest BCUT2D eigenvalue weighted by Gasteiger charge is -2.05. The number of carbonyl (C=O) groups excluding carboxylic acids is 1. The zero-order chi connectivity index (χ0) is 12.1. The van der Waals surface area contributed by atoms with Crippen LogP contribution in [0.3, 0.4) is 0 Å². The molecule has 0 unspecified atom stereocenters. The van der Waals surface area contributed by atoms with Crippen LogP contribution in [0.15, 0.2) is 0 Å². The third-order valence-electron chi connectivity index (χ3n) is 1.96. The van der Waals surface area contributed by atoms with E-state index in [1.54, 1.807) is 0 Å². The van der Waals surface area contributed by atoms with Crippen molar-refractivity contribution in [2.24, 2.45) is 0 Å². The van der Waals surface area contributed by atoms with Crippen LogP contribution in [0.5, 0.6) is 0 Å². The predicted molar refractivity (Wildman–Crippen MR) is 57.8 cm³/mol. The monoisotopic (exact) mass is 233 g/mol. The molecule has 0 saturated heterocycles. The Morgan fingerprint density at radius 2 is 1.50 bits per heavy atom. The van der Waals surface area contributed by atoms with Gasteiger partial charge in [-0.05, 0) is 6.42 Å². The molecule has 0 fully saturated rings. The van der Waals surface area contributed by atoms with Gasteiger partial charge >= 0.3 is 6.16 Å². The largest absolute Gasteiger partial charge is 0.550 e. The molecule has 0 aliphatic rings. The number of hydrogen-bond acceptors (Lipinski definition) is 4. The van der Waals surface area contributed by atoms with Crippen LogP contribution < -0.4 is 0 Å². The highest BCUT2D eigenvalue weighted by Gasteiger charge is 1.97. The molecule has 0 heterocycles. The number of ether oxygens (including phenoxy) is 3. The molecule has 0 rings (SSSR count). The average Bonchev–Trinajstić information content (AvgIpc) is 2.25. The zero-order valence-corrected chi connectivity index (χ0v) is 9.91. The van der Waals surface area contributed by atoms with Crippen molar-refractivity contribution in [2.75, 3.05) is 33.0 Å². The lowest BCUT2D eigenvalue weighted by Crippen LogP contribution is -2.11. The Hall–Kier alpha value is -0.810. The van der Waals surface area contributed by atoms with Crippen molar-refractivity contribution < 1.29 is 24.1 Å². The minimum absolute atomic E-state index is 0.0127. The van der Waals surface area contributed by atoms with Gasteiger partial charge in [-0.25, -0.2) is 0 Å². The minimum atomic E-state index is -1.52. The van der Waals surface area contributed by atoms with E-state index < -0.39 is 6.16 Å². The summed E-state index contributed by atoms with van der Waals surface area (Å²) >= 11 is 0. The molecule has 0 aromatic rings. The first kappa shape index (κ1) is 15.2. The van der Waals surface area contributed by atoms with Crippen molar-refractivity contribution in [3.63, 3.8) is 0 Å². The molecule has 95 valence electrons. The van der Waals surface area contributed by atoms with Gasteiger partial charge in [-0.2, -0.15) is 9.90 Å². The first-order valence-electron chi connectivity index (χ1n) is 5.76. The van der Waals surface area contributed by atoms with Crippen LogP contribution in [0.4, 0.5) is 4.79 Å². The second kappa shape index (κ2) is 12.3. The Labute approximate surface area is 96.7 Å². The highest BCUT2D eigenvalue weighted by Crippen LogP contribution is 1.98. The normalized spacial score (nSPS) is 10.3. The second-order valence-electron chi connectivity index (χ2n) is 3.38. The van der Waals surface area contributed by atoms with Crippen molar-refractivity contribution >= 4 is 6.16 Å². The summed E-state index contributed by atoms with van der Waals surface area (Å²) in [6.45, 7) is 4.19. The van der Waals surface area contributed by atoms with E-state index in [2.05, 4.69) is 11.7 Å². The zero-order valence-electron chi connectivity index (χ0n) is 9.91. The maximum absolute atomic E-state index is 9.85. The molecule has 0 aliphatic heterocycles. The standard InChI is InChI=1S/C11H21O5/c1-2-3-4-5-6-14-7-8-15-9-10-16-11(12)13/h2-10H2,1H3. The van der Waals surface area contributed by atoms with Crippen LogP contribution in [0.2, 0.25) is 0 Å². The van der Waals surface area contributed by atoms with E-state index in [-0.39, 0.29) is 13.2 Å². The van der Waals surface area contributed by atoms with E-state index in [0.717, 1.165) is 13.0 Å². The lowest BCUT2D eigenvalue weighted by atomic mass is 10.2. The Kier molecular flexibility index (Phi) is 11.6. The summed E-state index contributed by atoms with van der Waals surface area (Å²) in [7, 11) is 0. The third-order valence-corrected chi connectivity index (χ3v) is 1.96. The number of carbonyl (C=O) groups is 1. The van der Waals surface area contributed by atoms with Crippen LogP contribution in [0, 0.1) is 0 Å². The SMILES string of the molecule is CCCCCCOCCOCCOC([O])=O. The molecule has 5 nitrogen and oxygen atoms in total. The van der Waals surface area contributed by atoms with E-state index in [0.29, 0.717) is 13.2 Å². The summed E-state index contributed by atoms with van der Waals surface area (Å²) in [4.78, 5) is 9.85. The van der Waals surface area contributed by atoms with Gasteiger partial charge in [0.1, 0.15) is 6.61 Å². The quantitative estimate of drug-likeness (QED) is 0.405. The maximum Gasteiger partial charge on any atom is 0.550 e. The molecule has 0 aromatic heterocycles. The predicted octanol–water partition coefficient (Wildman–Crippen LogP) is 2.17. The molecule has 0 bridgehead atoms. The summed E-state index contributed by atoms with van der Waals surface area (Å²) in [6.07, 6.45) is 3.25. The molecule has 0 N–H and O–H groups in total. The summed E-state index contributed by atoms with van der Waals surface area (Å²) in [5, 5.41) is 9.85.